The zero-order chi connectivity index (χ0) is 21.4. The number of hydrogen-bond acceptors (Lipinski definition) is 5. The lowest BCUT2D eigenvalue weighted by atomic mass is 10.1. The minimum absolute atomic E-state index is 0.239. The van der Waals surface area contributed by atoms with Gasteiger partial charge in [-0.25, -0.2) is 0 Å². The summed E-state index contributed by atoms with van der Waals surface area (Å²) in [5, 5.41) is 10.4. The van der Waals surface area contributed by atoms with Gasteiger partial charge in [-0.2, -0.15) is 14.8 Å². The maximum atomic E-state index is 13.1. The number of aryl methyl sites for hydroxylation is 1. The largest absolute Gasteiger partial charge is 0.332 e. The summed E-state index contributed by atoms with van der Waals surface area (Å²) in [5.74, 6) is 0.709. The van der Waals surface area contributed by atoms with Gasteiger partial charge in [-0.3, -0.25) is 4.79 Å². The van der Waals surface area contributed by atoms with E-state index in [2.05, 4.69) is 22.2 Å². The van der Waals surface area contributed by atoms with E-state index in [9.17, 15) is 4.79 Å². The minimum Gasteiger partial charge on any atom is -0.332 e. The molecule has 5 rings (SSSR count). The number of rotatable bonds is 4. The molecule has 152 valence electrons. The second-order valence-corrected chi connectivity index (χ2v) is 7.50. The first-order valence-corrected chi connectivity index (χ1v) is 10.2. The molecular formula is C24H17ClN4O2. The fourth-order valence-electron chi connectivity index (χ4n) is 3.43. The first-order chi connectivity index (χ1) is 15.1. The molecule has 2 aromatic heterocycles. The van der Waals surface area contributed by atoms with Crippen LogP contribution in [0.15, 0.2) is 82.1 Å². The van der Waals surface area contributed by atoms with Crippen molar-refractivity contribution in [2.24, 2.45) is 0 Å². The van der Waals surface area contributed by atoms with Gasteiger partial charge in [-0.05, 0) is 42.3 Å². The third-order valence-corrected chi connectivity index (χ3v) is 5.38. The molecule has 0 atom stereocenters. The van der Waals surface area contributed by atoms with Crippen molar-refractivity contribution in [3.63, 3.8) is 0 Å². The Balaban J connectivity index is 1.68. The number of halogens is 1. The molecule has 0 bridgehead atoms. The highest BCUT2D eigenvalue weighted by atomic mass is 35.5. The molecule has 0 saturated carbocycles. The molecule has 31 heavy (non-hydrogen) atoms. The Bertz CT molecular complexity index is 1440. The van der Waals surface area contributed by atoms with Crippen molar-refractivity contribution >= 4 is 22.4 Å². The normalized spacial score (nSPS) is 11.2. The Kier molecular flexibility index (Phi) is 4.84. The van der Waals surface area contributed by atoms with Crippen LogP contribution in [-0.4, -0.2) is 19.9 Å². The van der Waals surface area contributed by atoms with E-state index in [1.54, 1.807) is 30.3 Å². The molecule has 3 aromatic carbocycles. The van der Waals surface area contributed by atoms with Crippen molar-refractivity contribution in [3.05, 3.63) is 93.7 Å². The molecule has 0 aliphatic rings. The summed E-state index contributed by atoms with van der Waals surface area (Å²) in [4.78, 5) is 17.6. The summed E-state index contributed by atoms with van der Waals surface area (Å²) >= 11 is 6.00. The summed E-state index contributed by atoms with van der Waals surface area (Å²) in [6, 6.07) is 22.2. The van der Waals surface area contributed by atoms with E-state index in [4.69, 9.17) is 16.1 Å². The van der Waals surface area contributed by atoms with Gasteiger partial charge in [-0.1, -0.05) is 66.1 Å². The molecule has 0 radical (unpaired) electrons. The van der Waals surface area contributed by atoms with E-state index in [1.165, 1.54) is 10.2 Å². The molecule has 0 spiro atoms. The van der Waals surface area contributed by atoms with Crippen molar-refractivity contribution in [1.82, 2.24) is 19.9 Å². The SMILES string of the molecule is CCc1ccc(-c2noc(-c3nn(-c4ccc(Cl)cc4)c(=O)c4ccccc34)n2)cc1. The summed E-state index contributed by atoms with van der Waals surface area (Å²) in [5.41, 5.74) is 2.87. The van der Waals surface area contributed by atoms with Crippen LogP contribution in [0.3, 0.4) is 0 Å². The van der Waals surface area contributed by atoms with Crippen LogP contribution in [0.4, 0.5) is 0 Å². The standard InChI is InChI=1S/C24H17ClN4O2/c1-2-15-7-9-16(10-8-15)22-26-23(31-28-22)21-19-5-3-4-6-20(19)24(30)29(27-21)18-13-11-17(25)12-14-18/h3-14H,2H2,1H3. The quantitative estimate of drug-likeness (QED) is 0.387. The van der Waals surface area contributed by atoms with Gasteiger partial charge >= 0.3 is 0 Å². The van der Waals surface area contributed by atoms with Gasteiger partial charge in [-0.15, -0.1) is 0 Å². The van der Waals surface area contributed by atoms with E-state index in [0.29, 0.717) is 33.0 Å². The van der Waals surface area contributed by atoms with Crippen LogP contribution in [0.5, 0.6) is 0 Å². The molecular weight excluding hydrogens is 412 g/mol. The Morgan fingerprint density at radius 2 is 1.65 bits per heavy atom. The number of aromatic nitrogens is 4. The van der Waals surface area contributed by atoms with Crippen LogP contribution >= 0.6 is 11.6 Å². The Morgan fingerprint density at radius 3 is 2.35 bits per heavy atom. The Hall–Kier alpha value is -3.77. The molecule has 5 aromatic rings. The summed E-state index contributed by atoms with van der Waals surface area (Å²) in [6.45, 7) is 2.11. The zero-order valence-electron chi connectivity index (χ0n) is 16.6. The number of fused-ring (bicyclic) bond motifs is 1. The van der Waals surface area contributed by atoms with E-state index < -0.39 is 0 Å². The van der Waals surface area contributed by atoms with E-state index >= 15 is 0 Å². The first-order valence-electron chi connectivity index (χ1n) is 9.85. The van der Waals surface area contributed by atoms with Crippen LogP contribution in [0.2, 0.25) is 5.02 Å². The number of hydrogen-bond donors (Lipinski definition) is 0. The van der Waals surface area contributed by atoms with Gasteiger partial charge in [0.05, 0.1) is 11.1 Å². The highest BCUT2D eigenvalue weighted by Crippen LogP contribution is 2.27. The highest BCUT2D eigenvalue weighted by molar-refractivity contribution is 6.30. The van der Waals surface area contributed by atoms with E-state index in [1.807, 2.05) is 42.5 Å². The molecule has 0 saturated heterocycles. The monoisotopic (exact) mass is 428 g/mol. The lowest BCUT2D eigenvalue weighted by molar-refractivity contribution is 0.430. The molecule has 0 aliphatic heterocycles. The fraction of sp³-hybridized carbons (Fsp3) is 0.0833. The van der Waals surface area contributed by atoms with Crippen LogP contribution in [-0.2, 0) is 6.42 Å². The maximum Gasteiger partial charge on any atom is 0.279 e. The predicted molar refractivity (Wildman–Crippen MR) is 120 cm³/mol. The molecule has 2 heterocycles. The van der Waals surface area contributed by atoms with Crippen molar-refractivity contribution < 1.29 is 4.52 Å². The maximum absolute atomic E-state index is 13.1. The van der Waals surface area contributed by atoms with E-state index in [0.717, 1.165) is 12.0 Å². The zero-order valence-corrected chi connectivity index (χ0v) is 17.4. The smallest absolute Gasteiger partial charge is 0.279 e. The molecule has 0 amide bonds. The van der Waals surface area contributed by atoms with Crippen LogP contribution in [0.1, 0.15) is 12.5 Å². The molecule has 0 fully saturated rings. The van der Waals surface area contributed by atoms with Crippen molar-refractivity contribution in [1.29, 1.82) is 0 Å². The van der Waals surface area contributed by atoms with Gasteiger partial charge < -0.3 is 4.52 Å². The lowest BCUT2D eigenvalue weighted by Crippen LogP contribution is -2.22. The Labute approximate surface area is 182 Å². The van der Waals surface area contributed by atoms with Crippen LogP contribution < -0.4 is 5.56 Å². The average molecular weight is 429 g/mol. The number of benzene rings is 3. The molecule has 0 unspecified atom stereocenters. The third-order valence-electron chi connectivity index (χ3n) is 5.13. The topological polar surface area (TPSA) is 73.8 Å². The minimum atomic E-state index is -0.239. The van der Waals surface area contributed by atoms with Gasteiger partial charge in [0.25, 0.3) is 11.4 Å². The van der Waals surface area contributed by atoms with Gasteiger partial charge in [0.1, 0.15) is 0 Å². The summed E-state index contributed by atoms with van der Waals surface area (Å²) < 4.78 is 6.89. The Morgan fingerprint density at radius 1 is 0.935 bits per heavy atom. The van der Waals surface area contributed by atoms with Crippen LogP contribution in [0.25, 0.3) is 39.4 Å². The average Bonchev–Trinajstić information content (AvgIpc) is 3.30. The number of nitrogens with zero attached hydrogens (tertiary/aromatic N) is 4. The first kappa shape index (κ1) is 19.2. The van der Waals surface area contributed by atoms with Gasteiger partial charge in [0, 0.05) is 16.0 Å². The molecule has 0 N–H and O–H groups in total. The second kappa shape index (κ2) is 7.81. The predicted octanol–water partition coefficient (Wildman–Crippen LogP) is 5.32. The third kappa shape index (κ3) is 3.51. The fourth-order valence-corrected chi connectivity index (χ4v) is 3.56. The van der Waals surface area contributed by atoms with Crippen molar-refractivity contribution in [3.8, 4) is 28.7 Å². The second-order valence-electron chi connectivity index (χ2n) is 7.06. The summed E-state index contributed by atoms with van der Waals surface area (Å²) in [6.07, 6.45) is 0.958. The highest BCUT2D eigenvalue weighted by Gasteiger charge is 2.19. The molecule has 7 heteroatoms. The van der Waals surface area contributed by atoms with E-state index in [-0.39, 0.29) is 11.4 Å². The van der Waals surface area contributed by atoms with Gasteiger partial charge in [0.15, 0.2) is 5.69 Å². The van der Waals surface area contributed by atoms with Gasteiger partial charge in [0.2, 0.25) is 5.82 Å². The molecule has 0 aliphatic carbocycles. The van der Waals surface area contributed by atoms with Crippen molar-refractivity contribution in [2.75, 3.05) is 0 Å². The van der Waals surface area contributed by atoms with Crippen molar-refractivity contribution in [2.45, 2.75) is 13.3 Å². The molecule has 6 nitrogen and oxygen atoms in total. The van der Waals surface area contributed by atoms with Crippen LogP contribution in [0, 0.1) is 0 Å². The summed E-state index contributed by atoms with van der Waals surface area (Å²) in [7, 11) is 0. The lowest BCUT2D eigenvalue weighted by Gasteiger charge is -2.09.